The van der Waals surface area contributed by atoms with Gasteiger partial charge in [-0.2, -0.15) is 0 Å². The summed E-state index contributed by atoms with van der Waals surface area (Å²) in [5, 5.41) is 4.44. The van der Waals surface area contributed by atoms with Crippen LogP contribution in [0.2, 0.25) is 0 Å². The Balaban J connectivity index is 2.18. The Morgan fingerprint density at radius 2 is 1.30 bits per heavy atom. The standard InChI is InChI=1S/C19H20P/c1-20(17-11-5-2-6-12-17,18-13-7-3-8-14-18)19-15-9-4-10-16-19/h2-3,5-9,11-16H,4,10H2,1H3/q+1. The van der Waals surface area contributed by atoms with Crippen LogP contribution in [0.5, 0.6) is 0 Å². The summed E-state index contributed by atoms with van der Waals surface area (Å²) < 4.78 is 0. The maximum atomic E-state index is 2.44. The predicted octanol–water partition coefficient (Wildman–Crippen LogP) is 4.52. The van der Waals surface area contributed by atoms with Crippen LogP contribution in [0, 0.1) is 0 Å². The average molecular weight is 279 g/mol. The molecule has 20 heavy (non-hydrogen) atoms. The van der Waals surface area contributed by atoms with E-state index in [0.717, 1.165) is 0 Å². The van der Waals surface area contributed by atoms with Crippen molar-refractivity contribution in [3.05, 3.63) is 84.2 Å². The van der Waals surface area contributed by atoms with Crippen molar-refractivity contribution in [2.75, 3.05) is 6.66 Å². The molecule has 0 spiro atoms. The lowest BCUT2D eigenvalue weighted by atomic mass is 10.2. The van der Waals surface area contributed by atoms with E-state index < -0.39 is 7.26 Å². The Labute approximate surface area is 122 Å². The fraction of sp³-hybridized carbons (Fsp3) is 0.158. The number of hydrogen-bond acceptors (Lipinski definition) is 0. The highest BCUT2D eigenvalue weighted by atomic mass is 31.2. The second kappa shape index (κ2) is 5.77. The fourth-order valence-corrected chi connectivity index (χ4v) is 6.16. The average Bonchev–Trinajstić information content (AvgIpc) is 2.56. The van der Waals surface area contributed by atoms with E-state index in [0.29, 0.717) is 0 Å². The molecule has 0 unspecified atom stereocenters. The number of benzene rings is 2. The fourth-order valence-electron chi connectivity index (χ4n) is 2.83. The van der Waals surface area contributed by atoms with E-state index in [9.17, 15) is 0 Å². The molecule has 0 saturated carbocycles. The maximum Gasteiger partial charge on any atom is 0.108 e. The molecule has 0 amide bonds. The SMILES string of the molecule is C[P+](C1=CCCC=C1)(c1ccccc1)c1ccccc1. The minimum Gasteiger partial charge on any atom is -0.0803 e. The van der Waals surface area contributed by atoms with Gasteiger partial charge < -0.3 is 0 Å². The molecule has 0 nitrogen and oxygen atoms in total. The molecule has 0 heterocycles. The molecule has 0 bridgehead atoms. The Bertz CT molecular complexity index is 584. The van der Waals surface area contributed by atoms with Crippen molar-refractivity contribution in [2.45, 2.75) is 12.8 Å². The second-order valence-electron chi connectivity index (χ2n) is 5.29. The van der Waals surface area contributed by atoms with Crippen LogP contribution in [0.15, 0.2) is 84.2 Å². The number of rotatable bonds is 3. The van der Waals surface area contributed by atoms with E-state index in [2.05, 4.69) is 85.6 Å². The van der Waals surface area contributed by atoms with Gasteiger partial charge in [-0.3, -0.25) is 0 Å². The molecule has 1 aliphatic rings. The van der Waals surface area contributed by atoms with Crippen LogP contribution >= 0.6 is 7.26 Å². The normalized spacial score (nSPS) is 14.9. The first-order valence-corrected chi connectivity index (χ1v) is 9.40. The summed E-state index contributed by atoms with van der Waals surface area (Å²) in [7, 11) is -1.48. The van der Waals surface area contributed by atoms with Gasteiger partial charge in [0.2, 0.25) is 0 Å². The van der Waals surface area contributed by atoms with Crippen molar-refractivity contribution >= 4 is 17.9 Å². The molecular formula is C19H20P+. The second-order valence-corrected chi connectivity index (χ2v) is 8.85. The zero-order chi connectivity index (χ0) is 13.8. The molecule has 1 heteroatoms. The van der Waals surface area contributed by atoms with Crippen molar-refractivity contribution in [2.24, 2.45) is 0 Å². The van der Waals surface area contributed by atoms with Gasteiger partial charge in [0.1, 0.15) is 17.9 Å². The van der Waals surface area contributed by atoms with Crippen LogP contribution in [0.1, 0.15) is 12.8 Å². The number of allylic oxidation sites excluding steroid dienone is 4. The first-order chi connectivity index (χ1) is 9.82. The monoisotopic (exact) mass is 279 g/mol. The van der Waals surface area contributed by atoms with Crippen molar-refractivity contribution in [3.8, 4) is 0 Å². The first kappa shape index (κ1) is 13.3. The largest absolute Gasteiger partial charge is 0.108 e. The van der Waals surface area contributed by atoms with E-state index in [1.54, 1.807) is 0 Å². The lowest BCUT2D eigenvalue weighted by Gasteiger charge is -2.25. The third kappa shape index (κ3) is 2.37. The molecule has 2 aromatic carbocycles. The smallest absolute Gasteiger partial charge is 0.0803 e. The molecule has 0 aliphatic heterocycles. The van der Waals surface area contributed by atoms with Gasteiger partial charge in [0.05, 0.1) is 12.0 Å². The summed E-state index contributed by atoms with van der Waals surface area (Å²) >= 11 is 0. The third-order valence-corrected chi connectivity index (χ3v) is 8.06. The molecule has 0 atom stereocenters. The van der Waals surface area contributed by atoms with Crippen LogP contribution < -0.4 is 10.6 Å². The summed E-state index contributed by atoms with van der Waals surface area (Å²) in [6, 6.07) is 22.0. The summed E-state index contributed by atoms with van der Waals surface area (Å²) in [6.07, 6.45) is 9.44. The predicted molar refractivity (Wildman–Crippen MR) is 91.5 cm³/mol. The topological polar surface area (TPSA) is 0 Å². The zero-order valence-electron chi connectivity index (χ0n) is 11.9. The highest BCUT2D eigenvalue weighted by Gasteiger charge is 2.40. The Morgan fingerprint density at radius 1 is 0.750 bits per heavy atom. The van der Waals surface area contributed by atoms with Gasteiger partial charge in [-0.1, -0.05) is 42.5 Å². The van der Waals surface area contributed by atoms with E-state index in [-0.39, 0.29) is 0 Å². The van der Waals surface area contributed by atoms with Gasteiger partial charge in [0.25, 0.3) is 0 Å². The maximum absolute atomic E-state index is 2.44. The van der Waals surface area contributed by atoms with Gasteiger partial charge in [-0.25, -0.2) is 0 Å². The van der Waals surface area contributed by atoms with Crippen LogP contribution in [0.25, 0.3) is 0 Å². The summed E-state index contributed by atoms with van der Waals surface area (Å²) in [5.74, 6) is 0. The van der Waals surface area contributed by atoms with Crippen LogP contribution in [0.3, 0.4) is 0 Å². The van der Waals surface area contributed by atoms with Gasteiger partial charge in [-0.15, -0.1) is 0 Å². The third-order valence-electron chi connectivity index (χ3n) is 4.04. The Morgan fingerprint density at radius 3 is 1.75 bits per heavy atom. The van der Waals surface area contributed by atoms with Crippen LogP contribution in [-0.2, 0) is 0 Å². The lowest BCUT2D eigenvalue weighted by molar-refractivity contribution is 1.03. The molecule has 3 rings (SSSR count). The Kier molecular flexibility index (Phi) is 3.85. The molecule has 0 saturated heterocycles. The molecule has 2 aromatic rings. The highest BCUT2D eigenvalue weighted by molar-refractivity contribution is 7.92. The molecular weight excluding hydrogens is 259 g/mol. The van der Waals surface area contributed by atoms with Gasteiger partial charge in [0.15, 0.2) is 0 Å². The van der Waals surface area contributed by atoms with E-state index in [4.69, 9.17) is 0 Å². The molecule has 0 N–H and O–H groups in total. The zero-order valence-corrected chi connectivity index (χ0v) is 12.8. The summed E-state index contributed by atoms with van der Waals surface area (Å²) in [6.45, 7) is 2.44. The summed E-state index contributed by atoms with van der Waals surface area (Å²) in [5.41, 5.74) is 0. The first-order valence-electron chi connectivity index (χ1n) is 7.17. The van der Waals surface area contributed by atoms with E-state index >= 15 is 0 Å². The minimum atomic E-state index is -1.48. The lowest BCUT2D eigenvalue weighted by Crippen LogP contribution is -2.22. The van der Waals surface area contributed by atoms with Gasteiger partial charge in [0, 0.05) is 0 Å². The molecule has 0 aromatic heterocycles. The van der Waals surface area contributed by atoms with Crippen molar-refractivity contribution in [1.82, 2.24) is 0 Å². The van der Waals surface area contributed by atoms with Crippen LogP contribution in [0.4, 0.5) is 0 Å². The van der Waals surface area contributed by atoms with Crippen molar-refractivity contribution < 1.29 is 0 Å². The number of hydrogen-bond donors (Lipinski definition) is 0. The quantitative estimate of drug-likeness (QED) is 0.725. The highest BCUT2D eigenvalue weighted by Crippen LogP contribution is 2.61. The minimum absolute atomic E-state index is 1.17. The molecule has 1 aliphatic carbocycles. The van der Waals surface area contributed by atoms with Crippen LogP contribution in [-0.4, -0.2) is 6.66 Å². The van der Waals surface area contributed by atoms with Crippen molar-refractivity contribution in [1.29, 1.82) is 0 Å². The molecule has 0 fully saturated rings. The van der Waals surface area contributed by atoms with E-state index in [1.807, 2.05) is 0 Å². The molecule has 100 valence electrons. The van der Waals surface area contributed by atoms with Crippen molar-refractivity contribution in [3.63, 3.8) is 0 Å². The van der Waals surface area contributed by atoms with Gasteiger partial charge >= 0.3 is 0 Å². The molecule has 0 radical (unpaired) electrons. The summed E-state index contributed by atoms with van der Waals surface area (Å²) in [4.78, 5) is 0. The Hall–Kier alpha value is -1.65. The van der Waals surface area contributed by atoms with Gasteiger partial charge in [-0.05, 0) is 49.3 Å². The van der Waals surface area contributed by atoms with E-state index in [1.165, 1.54) is 28.8 Å².